The van der Waals surface area contributed by atoms with Crippen LogP contribution in [0.4, 0.5) is 0 Å². The minimum Gasteiger partial charge on any atom is -0.483 e. The second-order valence-corrected chi connectivity index (χ2v) is 5.59. The van der Waals surface area contributed by atoms with E-state index in [2.05, 4.69) is 11.4 Å². The van der Waals surface area contributed by atoms with Crippen LogP contribution in [0.5, 0.6) is 5.75 Å². The number of nitrogens with zero attached hydrogens (tertiary/aromatic N) is 1. The number of hydrogen-bond acceptors (Lipinski definition) is 3. The summed E-state index contributed by atoms with van der Waals surface area (Å²) in [7, 11) is 3.79. The first-order chi connectivity index (χ1) is 9.54. The molecule has 0 aliphatic heterocycles. The van der Waals surface area contributed by atoms with E-state index in [-0.39, 0.29) is 18.6 Å². The summed E-state index contributed by atoms with van der Waals surface area (Å²) < 4.78 is 5.76. The number of likely N-dealkylation sites (N-methyl/N-ethyl adjacent to an activating group) is 1. The Morgan fingerprint density at radius 2 is 2.25 bits per heavy atom. The van der Waals surface area contributed by atoms with Gasteiger partial charge in [0.15, 0.2) is 6.61 Å². The van der Waals surface area contributed by atoms with Crippen LogP contribution < -0.4 is 10.1 Å². The highest BCUT2D eigenvalue weighted by Gasteiger charge is 2.24. The van der Waals surface area contributed by atoms with Gasteiger partial charge in [-0.2, -0.15) is 0 Å². The molecule has 4 nitrogen and oxygen atoms in total. The second-order valence-electron chi connectivity index (χ2n) is 5.59. The maximum atomic E-state index is 12.0. The van der Waals surface area contributed by atoms with Crippen molar-refractivity contribution in [3.05, 3.63) is 29.3 Å². The number of amides is 1. The molecule has 1 unspecified atom stereocenters. The van der Waals surface area contributed by atoms with E-state index in [0.29, 0.717) is 6.04 Å². The van der Waals surface area contributed by atoms with Crippen LogP contribution in [0.25, 0.3) is 0 Å². The van der Waals surface area contributed by atoms with Gasteiger partial charge in [-0.05, 0) is 50.9 Å². The Morgan fingerprint density at radius 3 is 2.90 bits per heavy atom. The molecule has 110 valence electrons. The number of hydrogen-bond donors (Lipinski definition) is 1. The van der Waals surface area contributed by atoms with Gasteiger partial charge >= 0.3 is 0 Å². The molecule has 4 heteroatoms. The zero-order valence-corrected chi connectivity index (χ0v) is 12.8. The Morgan fingerprint density at radius 1 is 1.50 bits per heavy atom. The smallest absolute Gasteiger partial charge is 0.260 e. The standard InChI is InChI=1S/C16H24N2O2/c1-11(2)18(4)16(19)10-20-15-7-5-6-12-13(15)8-9-14(12)17-3/h5-7,11,14,17H,8-10H2,1-4H3. The Bertz CT molecular complexity index is 485. The Hall–Kier alpha value is -1.55. The van der Waals surface area contributed by atoms with Crippen molar-refractivity contribution in [2.45, 2.75) is 38.8 Å². The van der Waals surface area contributed by atoms with Crippen LogP contribution in [0.2, 0.25) is 0 Å². The van der Waals surface area contributed by atoms with Crippen LogP contribution in [0, 0.1) is 0 Å². The average molecular weight is 276 g/mol. The van der Waals surface area contributed by atoms with Gasteiger partial charge in [-0.1, -0.05) is 12.1 Å². The molecule has 0 fully saturated rings. The molecule has 0 saturated heterocycles. The zero-order valence-electron chi connectivity index (χ0n) is 12.8. The molecule has 1 amide bonds. The van der Waals surface area contributed by atoms with Crippen molar-refractivity contribution in [2.75, 3.05) is 20.7 Å². The maximum Gasteiger partial charge on any atom is 0.260 e. The fraction of sp³-hybridized carbons (Fsp3) is 0.562. The van der Waals surface area contributed by atoms with Crippen molar-refractivity contribution in [1.29, 1.82) is 0 Å². The number of ether oxygens (including phenoxy) is 1. The third-order valence-electron chi connectivity index (χ3n) is 4.10. The number of carbonyl (C=O) groups is 1. The van der Waals surface area contributed by atoms with Gasteiger partial charge in [0.1, 0.15) is 5.75 Å². The highest BCUT2D eigenvalue weighted by molar-refractivity contribution is 5.77. The predicted molar refractivity (Wildman–Crippen MR) is 80.0 cm³/mol. The molecule has 1 aliphatic rings. The third kappa shape index (κ3) is 2.96. The fourth-order valence-corrected chi connectivity index (χ4v) is 2.59. The lowest BCUT2D eigenvalue weighted by Crippen LogP contribution is -2.36. The van der Waals surface area contributed by atoms with Crippen molar-refractivity contribution in [1.82, 2.24) is 10.2 Å². The van der Waals surface area contributed by atoms with Crippen LogP contribution in [-0.2, 0) is 11.2 Å². The predicted octanol–water partition coefficient (Wildman–Crippen LogP) is 2.14. The lowest BCUT2D eigenvalue weighted by atomic mass is 10.1. The Balaban J connectivity index is 2.05. The minimum atomic E-state index is 0.0146. The number of carbonyl (C=O) groups excluding carboxylic acids is 1. The average Bonchev–Trinajstić information content (AvgIpc) is 2.87. The van der Waals surface area contributed by atoms with Crippen molar-refractivity contribution in [3.8, 4) is 5.75 Å². The quantitative estimate of drug-likeness (QED) is 0.896. The molecule has 0 saturated carbocycles. The topological polar surface area (TPSA) is 41.6 Å². The first kappa shape index (κ1) is 14.9. The SMILES string of the molecule is CNC1CCc2c(OCC(=O)N(C)C(C)C)cccc21. The number of rotatable bonds is 5. The number of fused-ring (bicyclic) bond motifs is 1. The van der Waals surface area contributed by atoms with Crippen molar-refractivity contribution in [2.24, 2.45) is 0 Å². The Labute approximate surface area is 121 Å². The number of benzene rings is 1. The highest BCUT2D eigenvalue weighted by atomic mass is 16.5. The Kier molecular flexibility index (Phi) is 4.65. The van der Waals surface area contributed by atoms with Crippen LogP contribution in [0.3, 0.4) is 0 Å². The van der Waals surface area contributed by atoms with Gasteiger partial charge < -0.3 is 15.0 Å². The molecule has 1 aliphatic carbocycles. The largest absolute Gasteiger partial charge is 0.483 e. The first-order valence-corrected chi connectivity index (χ1v) is 7.22. The lowest BCUT2D eigenvalue weighted by molar-refractivity contribution is -0.133. The molecule has 1 aromatic carbocycles. The first-order valence-electron chi connectivity index (χ1n) is 7.22. The molecule has 20 heavy (non-hydrogen) atoms. The summed E-state index contributed by atoms with van der Waals surface area (Å²) in [4.78, 5) is 13.7. The van der Waals surface area contributed by atoms with Crippen LogP contribution in [-0.4, -0.2) is 37.6 Å². The zero-order chi connectivity index (χ0) is 14.7. The van der Waals surface area contributed by atoms with E-state index in [0.717, 1.165) is 18.6 Å². The maximum absolute atomic E-state index is 12.0. The van der Waals surface area contributed by atoms with Crippen LogP contribution in [0.1, 0.15) is 37.4 Å². The van der Waals surface area contributed by atoms with Crippen LogP contribution in [0.15, 0.2) is 18.2 Å². The van der Waals surface area contributed by atoms with Crippen LogP contribution >= 0.6 is 0 Å². The summed E-state index contributed by atoms with van der Waals surface area (Å²) >= 11 is 0. The minimum absolute atomic E-state index is 0.0146. The fourth-order valence-electron chi connectivity index (χ4n) is 2.59. The second kappa shape index (κ2) is 6.27. The van der Waals surface area contributed by atoms with Gasteiger partial charge in [0, 0.05) is 19.1 Å². The van der Waals surface area contributed by atoms with Gasteiger partial charge in [-0.3, -0.25) is 4.79 Å². The van der Waals surface area contributed by atoms with E-state index in [1.807, 2.05) is 40.1 Å². The molecule has 1 aromatic rings. The summed E-state index contributed by atoms with van der Waals surface area (Å²) in [6.07, 6.45) is 2.09. The molecule has 2 rings (SSSR count). The number of nitrogens with one attached hydrogen (secondary N) is 1. The molecule has 1 N–H and O–H groups in total. The molecule has 0 aromatic heterocycles. The molecule has 0 spiro atoms. The molecule has 1 atom stereocenters. The van der Waals surface area contributed by atoms with E-state index in [9.17, 15) is 4.79 Å². The molecule has 0 bridgehead atoms. The molecular formula is C16H24N2O2. The summed E-state index contributed by atoms with van der Waals surface area (Å²) in [6.45, 7) is 4.10. The van der Waals surface area contributed by atoms with E-state index in [4.69, 9.17) is 4.74 Å². The summed E-state index contributed by atoms with van der Waals surface area (Å²) in [6, 6.07) is 6.70. The van der Waals surface area contributed by atoms with Crippen molar-refractivity contribution in [3.63, 3.8) is 0 Å². The molecule has 0 radical (unpaired) electrons. The monoisotopic (exact) mass is 276 g/mol. The van der Waals surface area contributed by atoms with Gasteiger partial charge in [0.05, 0.1) is 0 Å². The molecular weight excluding hydrogens is 252 g/mol. The van der Waals surface area contributed by atoms with Gasteiger partial charge in [-0.15, -0.1) is 0 Å². The third-order valence-corrected chi connectivity index (χ3v) is 4.10. The summed E-state index contributed by atoms with van der Waals surface area (Å²) in [5, 5.41) is 3.31. The van der Waals surface area contributed by atoms with Gasteiger partial charge in [-0.25, -0.2) is 0 Å². The summed E-state index contributed by atoms with van der Waals surface area (Å²) in [5.41, 5.74) is 2.54. The van der Waals surface area contributed by atoms with E-state index in [1.54, 1.807) is 4.90 Å². The van der Waals surface area contributed by atoms with Crippen molar-refractivity contribution >= 4 is 5.91 Å². The van der Waals surface area contributed by atoms with E-state index >= 15 is 0 Å². The van der Waals surface area contributed by atoms with Crippen molar-refractivity contribution < 1.29 is 9.53 Å². The summed E-state index contributed by atoms with van der Waals surface area (Å²) in [5.74, 6) is 0.867. The lowest BCUT2D eigenvalue weighted by Gasteiger charge is -2.22. The van der Waals surface area contributed by atoms with E-state index in [1.165, 1.54) is 11.1 Å². The van der Waals surface area contributed by atoms with Gasteiger partial charge in [0.2, 0.25) is 0 Å². The van der Waals surface area contributed by atoms with Gasteiger partial charge in [0.25, 0.3) is 5.91 Å². The molecule has 0 heterocycles. The highest BCUT2D eigenvalue weighted by Crippen LogP contribution is 2.36. The normalized spacial score (nSPS) is 17.1. The van der Waals surface area contributed by atoms with E-state index < -0.39 is 0 Å².